The van der Waals surface area contributed by atoms with Crippen LogP contribution in [0, 0.1) is 0 Å². The van der Waals surface area contributed by atoms with Gasteiger partial charge in [-0.25, -0.2) is 0 Å². The van der Waals surface area contributed by atoms with Crippen molar-refractivity contribution in [2.24, 2.45) is 0 Å². The Bertz CT molecular complexity index is 441. The Morgan fingerprint density at radius 2 is 0.939 bits per heavy atom. The second-order valence-corrected chi connectivity index (χ2v) is 22.9. The van der Waals surface area contributed by atoms with Crippen LogP contribution in [0.2, 0.25) is 51.4 Å². The molecular weight excluding hydrogens is 476 g/mol. The lowest BCUT2D eigenvalue weighted by atomic mass is 10.3. The van der Waals surface area contributed by atoms with Gasteiger partial charge in [0.2, 0.25) is 0 Å². The van der Waals surface area contributed by atoms with E-state index < -0.39 is 37.4 Å². The molecule has 2 N–H and O–H groups in total. The summed E-state index contributed by atoms with van der Waals surface area (Å²) < 4.78 is 34.2. The van der Waals surface area contributed by atoms with Gasteiger partial charge >= 0.3 is 8.56 Å². The van der Waals surface area contributed by atoms with Crippen molar-refractivity contribution in [1.29, 1.82) is 0 Å². The highest BCUT2D eigenvalue weighted by Gasteiger charge is 2.39. The normalized spacial score (nSPS) is 15.1. The van der Waals surface area contributed by atoms with Gasteiger partial charge in [0.25, 0.3) is 0 Å². The second-order valence-electron chi connectivity index (χ2n) is 10.4. The highest BCUT2D eigenvalue weighted by molar-refractivity contribution is 6.87. The van der Waals surface area contributed by atoms with Crippen LogP contribution in [0.4, 0.5) is 0 Å². The maximum absolute atomic E-state index is 9.60. The van der Waals surface area contributed by atoms with Crippen molar-refractivity contribution in [2.45, 2.75) is 89.3 Å². The summed E-state index contributed by atoms with van der Waals surface area (Å²) in [5, 5.41) is 19.2. The lowest BCUT2D eigenvalue weighted by Gasteiger charge is -2.38. The summed E-state index contributed by atoms with van der Waals surface area (Å²) in [5.74, 6) is 0. The molecule has 0 bridgehead atoms. The van der Waals surface area contributed by atoms with E-state index in [2.05, 4.69) is 39.3 Å². The number of rotatable bonds is 22. The molecule has 2 unspecified atom stereocenters. The van der Waals surface area contributed by atoms with E-state index in [4.69, 9.17) is 27.2 Å². The Balaban J connectivity index is 4.14. The average Bonchev–Trinajstić information content (AvgIpc) is 2.65. The first kappa shape index (κ1) is 33.3. The van der Waals surface area contributed by atoms with E-state index in [1.54, 1.807) is 14.2 Å². The molecule has 0 aromatic heterocycles. The summed E-state index contributed by atoms with van der Waals surface area (Å²) in [7, 11) is -2.70. The topological polar surface area (TPSA) is 95.8 Å². The van der Waals surface area contributed by atoms with E-state index in [1.165, 1.54) is 0 Å². The van der Waals surface area contributed by atoms with Gasteiger partial charge in [0, 0.05) is 27.4 Å². The number of methoxy groups -OCH3 is 2. The van der Waals surface area contributed by atoms with Gasteiger partial charge in [-0.2, -0.15) is 0 Å². The van der Waals surface area contributed by atoms with Crippen molar-refractivity contribution in [1.82, 2.24) is 0 Å². The average molecular weight is 529 g/mol. The Morgan fingerprint density at radius 3 is 1.27 bits per heavy atom. The van der Waals surface area contributed by atoms with Gasteiger partial charge in [-0.05, 0) is 64.2 Å². The first-order chi connectivity index (χ1) is 15.3. The van der Waals surface area contributed by atoms with E-state index in [0.29, 0.717) is 39.6 Å². The fraction of sp³-hybridized carbons (Fsp3) is 1.00. The molecule has 0 amide bonds. The number of aliphatic hydroxyl groups excluding tert-OH is 2. The first-order valence-corrected chi connectivity index (χ1v) is 21.3. The van der Waals surface area contributed by atoms with Gasteiger partial charge in [0.1, 0.15) is 12.2 Å². The summed E-state index contributed by atoms with van der Waals surface area (Å²) in [6, 6.07) is 2.15. The molecule has 200 valence electrons. The fourth-order valence-corrected chi connectivity index (χ4v) is 18.1. The number of ether oxygens (including phenoxy) is 4. The number of unbranched alkanes of at least 4 members (excludes halogenated alkanes) is 2. The molecule has 0 spiro atoms. The molecule has 0 fully saturated rings. The van der Waals surface area contributed by atoms with Gasteiger partial charge in [0.05, 0.1) is 26.4 Å². The quantitative estimate of drug-likeness (QED) is 0.162. The van der Waals surface area contributed by atoms with E-state index in [-0.39, 0.29) is 0 Å². The fourth-order valence-electron chi connectivity index (χ4n) is 3.88. The zero-order chi connectivity index (χ0) is 25.4. The van der Waals surface area contributed by atoms with Crippen LogP contribution in [0.3, 0.4) is 0 Å². The van der Waals surface area contributed by atoms with Crippen LogP contribution < -0.4 is 0 Å². The molecule has 0 saturated heterocycles. The van der Waals surface area contributed by atoms with Crippen molar-refractivity contribution < 1.29 is 37.4 Å². The standard InChI is InChI=1S/C22H52O8Si3/c1-25-17-21(23)19-27-13-9-11-15-31(3,4)29-33(7,8)30-32(5,6)16-12-10-14-28-20-22(24)18-26-2/h21-24H,9-20H2,1-8H3. The van der Waals surface area contributed by atoms with Crippen molar-refractivity contribution in [3.05, 3.63) is 0 Å². The molecule has 2 atom stereocenters. The Morgan fingerprint density at radius 1 is 0.576 bits per heavy atom. The maximum atomic E-state index is 9.60. The zero-order valence-corrected chi connectivity index (χ0v) is 25.5. The number of hydrogen-bond acceptors (Lipinski definition) is 8. The summed E-state index contributed by atoms with van der Waals surface area (Å²) in [5.41, 5.74) is 0. The van der Waals surface area contributed by atoms with E-state index >= 15 is 0 Å². The summed E-state index contributed by atoms with van der Waals surface area (Å²) in [6.45, 7) is 16.0. The van der Waals surface area contributed by atoms with Crippen LogP contribution in [0.25, 0.3) is 0 Å². The lowest BCUT2D eigenvalue weighted by molar-refractivity contribution is -0.00661. The Kier molecular flexibility index (Phi) is 17.9. The Hall–Kier alpha value is 0.331. The molecule has 0 radical (unpaired) electrons. The second kappa shape index (κ2) is 17.7. The lowest BCUT2D eigenvalue weighted by Crippen LogP contribution is -2.52. The van der Waals surface area contributed by atoms with Crippen LogP contribution in [-0.4, -0.2) is 101 Å². The van der Waals surface area contributed by atoms with Gasteiger partial charge in [-0.1, -0.05) is 12.8 Å². The molecule has 0 rings (SSSR count). The molecule has 0 aliphatic rings. The highest BCUT2D eigenvalue weighted by atomic mass is 28.5. The molecule has 0 aromatic carbocycles. The van der Waals surface area contributed by atoms with E-state index in [9.17, 15) is 10.2 Å². The minimum Gasteiger partial charge on any atom is -0.437 e. The molecular formula is C22H52O8Si3. The SMILES string of the molecule is COCC(O)COCCCC[Si](C)(C)O[Si](C)(C)O[Si](C)(C)CCCCOCC(O)COC. The van der Waals surface area contributed by atoms with Crippen LogP contribution in [0.1, 0.15) is 25.7 Å². The summed E-state index contributed by atoms with van der Waals surface area (Å²) in [4.78, 5) is 0. The Labute approximate surface area is 205 Å². The predicted molar refractivity (Wildman–Crippen MR) is 140 cm³/mol. The third-order valence-electron chi connectivity index (χ3n) is 5.02. The zero-order valence-electron chi connectivity index (χ0n) is 22.5. The van der Waals surface area contributed by atoms with Crippen LogP contribution in [0.5, 0.6) is 0 Å². The minimum atomic E-state index is -2.21. The molecule has 33 heavy (non-hydrogen) atoms. The largest absolute Gasteiger partial charge is 0.437 e. The smallest absolute Gasteiger partial charge is 0.311 e. The third-order valence-corrected chi connectivity index (χ3v) is 16.5. The van der Waals surface area contributed by atoms with Crippen molar-refractivity contribution in [3.63, 3.8) is 0 Å². The van der Waals surface area contributed by atoms with Gasteiger partial charge < -0.3 is 37.4 Å². The molecule has 0 heterocycles. The van der Waals surface area contributed by atoms with Crippen molar-refractivity contribution in [3.8, 4) is 0 Å². The number of hydrogen-bond donors (Lipinski definition) is 2. The van der Waals surface area contributed by atoms with Crippen molar-refractivity contribution in [2.75, 3.05) is 53.9 Å². The predicted octanol–water partition coefficient (Wildman–Crippen LogP) is 3.74. The first-order valence-electron chi connectivity index (χ1n) is 12.2. The summed E-state index contributed by atoms with van der Waals surface area (Å²) >= 11 is 0. The van der Waals surface area contributed by atoms with E-state index in [1.807, 2.05) is 0 Å². The number of aliphatic hydroxyl groups is 2. The third kappa shape index (κ3) is 20.2. The molecule has 0 aromatic rings. The molecule has 0 saturated carbocycles. The summed E-state index contributed by atoms with van der Waals surface area (Å²) in [6.07, 6.45) is 2.94. The molecule has 0 aliphatic carbocycles. The van der Waals surface area contributed by atoms with Crippen LogP contribution in [0.15, 0.2) is 0 Å². The van der Waals surface area contributed by atoms with Crippen LogP contribution >= 0.6 is 0 Å². The van der Waals surface area contributed by atoms with E-state index in [0.717, 1.165) is 37.8 Å². The van der Waals surface area contributed by atoms with Gasteiger partial charge in [-0.3, -0.25) is 0 Å². The molecule has 8 nitrogen and oxygen atoms in total. The molecule has 0 aliphatic heterocycles. The monoisotopic (exact) mass is 528 g/mol. The highest BCUT2D eigenvalue weighted by Crippen LogP contribution is 2.26. The van der Waals surface area contributed by atoms with Gasteiger partial charge in [0.15, 0.2) is 16.6 Å². The maximum Gasteiger partial charge on any atom is 0.311 e. The van der Waals surface area contributed by atoms with Crippen LogP contribution in [-0.2, 0) is 27.2 Å². The van der Waals surface area contributed by atoms with Crippen molar-refractivity contribution >= 4 is 25.2 Å². The molecule has 11 heteroatoms. The minimum absolute atomic E-state index is 0.306. The van der Waals surface area contributed by atoms with Gasteiger partial charge in [-0.15, -0.1) is 0 Å².